The maximum Gasteiger partial charge on any atom is 0.573 e. The number of rotatable bonds is 4. The minimum absolute atomic E-state index is 0.144. The van der Waals surface area contributed by atoms with Gasteiger partial charge in [-0.15, -0.1) is 18.3 Å². The summed E-state index contributed by atoms with van der Waals surface area (Å²) in [5, 5.41) is 17.6. The van der Waals surface area contributed by atoms with E-state index in [2.05, 4.69) is 14.9 Å². The normalized spacial score (nSPS) is 16.4. The highest BCUT2D eigenvalue weighted by atomic mass is 19.4. The van der Waals surface area contributed by atoms with E-state index in [1.807, 2.05) is 30.3 Å². The third kappa shape index (κ3) is 5.45. The third-order valence-corrected chi connectivity index (χ3v) is 5.36. The average molecular weight is 475 g/mol. The number of alkyl halides is 3. The molecule has 4 rings (SSSR count). The zero-order valence-electron chi connectivity index (χ0n) is 17.7. The lowest BCUT2D eigenvalue weighted by Gasteiger charge is -2.39. The molecule has 1 aromatic heterocycles. The molecule has 1 atom stereocenters. The van der Waals surface area contributed by atoms with Gasteiger partial charge in [-0.25, -0.2) is 9.59 Å². The van der Waals surface area contributed by atoms with Crippen LogP contribution in [-0.2, 0) is 6.42 Å². The molecule has 1 aliphatic heterocycles. The van der Waals surface area contributed by atoms with Crippen molar-refractivity contribution in [3.8, 4) is 17.0 Å². The van der Waals surface area contributed by atoms with Crippen molar-refractivity contribution in [1.29, 1.82) is 0 Å². The molecule has 0 spiro atoms. The van der Waals surface area contributed by atoms with Crippen molar-refractivity contribution in [2.75, 3.05) is 19.6 Å². The van der Waals surface area contributed by atoms with Crippen molar-refractivity contribution in [1.82, 2.24) is 24.8 Å². The number of hydrogen-bond acceptors (Lipinski definition) is 5. The van der Waals surface area contributed by atoms with Crippen LogP contribution in [0.1, 0.15) is 5.56 Å². The lowest BCUT2D eigenvalue weighted by atomic mass is 10.0. The first-order valence-electron chi connectivity index (χ1n) is 10.3. The highest BCUT2D eigenvalue weighted by Crippen LogP contribution is 2.25. The quantitative estimate of drug-likeness (QED) is 0.617. The second kappa shape index (κ2) is 9.41. The highest BCUT2D eigenvalue weighted by molar-refractivity contribution is 5.76. The van der Waals surface area contributed by atoms with Crippen LogP contribution in [0.25, 0.3) is 11.3 Å². The molecule has 0 aliphatic carbocycles. The zero-order chi connectivity index (χ0) is 24.3. The second-order valence-corrected chi connectivity index (χ2v) is 7.64. The molecule has 1 aliphatic rings. The van der Waals surface area contributed by atoms with Crippen LogP contribution >= 0.6 is 0 Å². The van der Waals surface area contributed by atoms with Gasteiger partial charge in [-0.05, 0) is 36.2 Å². The number of halogens is 3. The van der Waals surface area contributed by atoms with Gasteiger partial charge in [0.25, 0.3) is 0 Å². The maximum atomic E-state index is 13.2. The van der Waals surface area contributed by atoms with Crippen molar-refractivity contribution in [3.63, 3.8) is 0 Å². The predicted molar refractivity (Wildman–Crippen MR) is 113 cm³/mol. The van der Waals surface area contributed by atoms with Crippen LogP contribution in [0.4, 0.5) is 22.8 Å². The molecule has 178 valence electrons. The van der Waals surface area contributed by atoms with Gasteiger partial charge in [0.05, 0.1) is 12.2 Å². The Bertz CT molecular complexity index is 1150. The fourth-order valence-electron chi connectivity index (χ4n) is 3.77. The molecule has 34 heavy (non-hydrogen) atoms. The molecular weight excluding hydrogens is 455 g/mol. The Balaban J connectivity index is 1.51. The topological polar surface area (TPSA) is 101 Å². The number of aromatic nitrogens is 3. The summed E-state index contributed by atoms with van der Waals surface area (Å²) in [4.78, 5) is 28.4. The average Bonchev–Trinajstić information content (AvgIpc) is 3.29. The number of carbonyl (C=O) groups excluding carboxylic acids is 1. The minimum atomic E-state index is -4.79. The number of hydrogen-bond donors (Lipinski definition) is 1. The summed E-state index contributed by atoms with van der Waals surface area (Å²) in [5.41, 5.74) is 1.69. The first kappa shape index (κ1) is 23.1. The van der Waals surface area contributed by atoms with Gasteiger partial charge in [0.1, 0.15) is 11.4 Å². The molecule has 9 nitrogen and oxygen atoms in total. The number of nitrogens with zero attached hydrogens (tertiary/aromatic N) is 5. The third-order valence-electron chi connectivity index (χ3n) is 5.36. The Labute approximate surface area is 192 Å². The van der Waals surface area contributed by atoms with E-state index >= 15 is 0 Å². The molecule has 0 unspecified atom stereocenters. The summed E-state index contributed by atoms with van der Waals surface area (Å²) in [6, 6.07) is 13.5. The number of piperazine rings is 1. The van der Waals surface area contributed by atoms with E-state index in [0.29, 0.717) is 12.0 Å². The number of carboxylic acid groups (broad SMARTS) is 1. The summed E-state index contributed by atoms with van der Waals surface area (Å²) in [6.45, 7) is 0.467. The van der Waals surface area contributed by atoms with Gasteiger partial charge in [0.2, 0.25) is 0 Å². The van der Waals surface area contributed by atoms with Crippen LogP contribution < -0.4 is 4.74 Å². The molecule has 0 radical (unpaired) electrons. The first-order chi connectivity index (χ1) is 16.2. The highest BCUT2D eigenvalue weighted by Gasteiger charge is 2.34. The van der Waals surface area contributed by atoms with Crippen LogP contribution in [0.3, 0.4) is 0 Å². The van der Waals surface area contributed by atoms with Gasteiger partial charge in [-0.1, -0.05) is 35.1 Å². The first-order valence-corrected chi connectivity index (χ1v) is 10.3. The van der Waals surface area contributed by atoms with Gasteiger partial charge in [0.15, 0.2) is 0 Å². The molecule has 0 saturated carbocycles. The monoisotopic (exact) mass is 475 g/mol. The van der Waals surface area contributed by atoms with E-state index in [4.69, 9.17) is 0 Å². The summed E-state index contributed by atoms with van der Waals surface area (Å²) < 4.78 is 40.9. The minimum Gasteiger partial charge on any atom is -0.465 e. The second-order valence-electron chi connectivity index (χ2n) is 7.64. The number of amides is 2. The lowest BCUT2D eigenvalue weighted by molar-refractivity contribution is -0.274. The predicted octanol–water partition coefficient (Wildman–Crippen LogP) is 3.72. The summed E-state index contributed by atoms with van der Waals surface area (Å²) >= 11 is 0. The van der Waals surface area contributed by atoms with Crippen LogP contribution in [0, 0.1) is 0 Å². The molecular formula is C22H20F3N5O4. The van der Waals surface area contributed by atoms with Crippen molar-refractivity contribution >= 4 is 12.1 Å². The number of benzene rings is 2. The molecule has 1 N–H and O–H groups in total. The van der Waals surface area contributed by atoms with Gasteiger partial charge < -0.3 is 19.6 Å². The van der Waals surface area contributed by atoms with Crippen molar-refractivity contribution < 1.29 is 32.6 Å². The largest absolute Gasteiger partial charge is 0.573 e. The molecule has 2 heterocycles. The number of carbonyl (C=O) groups is 2. The van der Waals surface area contributed by atoms with E-state index in [-0.39, 0.29) is 31.1 Å². The molecule has 2 amide bonds. The van der Waals surface area contributed by atoms with Crippen molar-refractivity contribution in [2.45, 2.75) is 18.8 Å². The van der Waals surface area contributed by atoms with Crippen molar-refractivity contribution in [3.05, 3.63) is 66.4 Å². The van der Waals surface area contributed by atoms with Crippen LogP contribution in [0.5, 0.6) is 5.75 Å². The lowest BCUT2D eigenvalue weighted by Crippen LogP contribution is -2.58. The Morgan fingerprint density at radius 3 is 2.41 bits per heavy atom. The van der Waals surface area contributed by atoms with Gasteiger partial charge in [-0.2, -0.15) is 5.10 Å². The summed E-state index contributed by atoms with van der Waals surface area (Å²) in [7, 11) is 0. The maximum absolute atomic E-state index is 13.2. The standard InChI is InChI=1S/C22H20F3N5O4/c23-22(24,25)34-18-8-6-16(7-9-18)19-13-26-30(27-19)20(31)29-11-10-28(21(32)33)14-17(29)12-15-4-2-1-3-5-15/h1-9,13,17H,10-12,14H2,(H,32,33)/t17-/m0/s1. The van der Waals surface area contributed by atoms with E-state index in [1.54, 1.807) is 0 Å². The van der Waals surface area contributed by atoms with E-state index < -0.39 is 24.5 Å². The van der Waals surface area contributed by atoms with Gasteiger partial charge in [0, 0.05) is 25.2 Å². The zero-order valence-corrected chi connectivity index (χ0v) is 17.7. The Hall–Kier alpha value is -4.09. The van der Waals surface area contributed by atoms with Crippen LogP contribution in [0.2, 0.25) is 0 Å². The summed E-state index contributed by atoms with van der Waals surface area (Å²) in [5.74, 6) is -0.375. The molecule has 2 aromatic carbocycles. The Kier molecular flexibility index (Phi) is 6.39. The Morgan fingerprint density at radius 2 is 1.76 bits per heavy atom. The van der Waals surface area contributed by atoms with Crippen molar-refractivity contribution in [2.24, 2.45) is 0 Å². The van der Waals surface area contributed by atoms with E-state index in [9.17, 15) is 27.9 Å². The van der Waals surface area contributed by atoms with E-state index in [1.165, 1.54) is 28.1 Å². The smallest absolute Gasteiger partial charge is 0.465 e. The fourth-order valence-corrected chi connectivity index (χ4v) is 3.77. The van der Waals surface area contributed by atoms with Gasteiger partial charge >= 0.3 is 18.5 Å². The molecule has 0 bridgehead atoms. The Morgan fingerprint density at radius 1 is 1.06 bits per heavy atom. The molecule has 1 saturated heterocycles. The molecule has 1 fully saturated rings. The van der Waals surface area contributed by atoms with Crippen LogP contribution in [-0.4, -0.2) is 74.1 Å². The van der Waals surface area contributed by atoms with Crippen LogP contribution in [0.15, 0.2) is 60.8 Å². The molecule has 12 heteroatoms. The number of ether oxygens (including phenoxy) is 1. The van der Waals surface area contributed by atoms with E-state index in [0.717, 1.165) is 22.5 Å². The molecule has 3 aromatic rings. The fraction of sp³-hybridized carbons (Fsp3) is 0.273. The summed E-state index contributed by atoms with van der Waals surface area (Å²) in [6.07, 6.45) is -4.07. The van der Waals surface area contributed by atoms with Gasteiger partial charge in [-0.3, -0.25) is 0 Å². The SMILES string of the molecule is O=C(O)N1CCN(C(=O)n2ncc(-c3ccc(OC(F)(F)F)cc3)n2)[C@@H](Cc2ccccc2)C1.